The predicted octanol–water partition coefficient (Wildman–Crippen LogP) is 3.68. The number of benzene rings is 2. The fraction of sp³-hybridized carbons (Fsp3) is 0.423. The number of likely N-dealkylation sites (tertiary alicyclic amines) is 1. The predicted molar refractivity (Wildman–Crippen MR) is 127 cm³/mol. The van der Waals surface area contributed by atoms with E-state index >= 15 is 0 Å². The molecule has 1 aliphatic heterocycles. The van der Waals surface area contributed by atoms with Crippen LogP contribution in [0.2, 0.25) is 0 Å². The smallest absolute Gasteiger partial charge is 0.407 e. The lowest BCUT2D eigenvalue weighted by Crippen LogP contribution is -2.44. The fourth-order valence-electron chi connectivity index (χ4n) is 3.88. The van der Waals surface area contributed by atoms with Crippen molar-refractivity contribution in [2.75, 3.05) is 13.1 Å². The first kappa shape index (κ1) is 25.2. The van der Waals surface area contributed by atoms with E-state index in [0.717, 1.165) is 0 Å². The van der Waals surface area contributed by atoms with Crippen molar-refractivity contribution in [3.63, 3.8) is 0 Å². The maximum atomic E-state index is 14.2. The summed E-state index contributed by atoms with van der Waals surface area (Å²) in [6.07, 6.45) is 0.130. The van der Waals surface area contributed by atoms with Crippen molar-refractivity contribution in [2.24, 2.45) is 0 Å². The van der Waals surface area contributed by atoms with Gasteiger partial charge in [0.15, 0.2) is 0 Å². The molecule has 2 aromatic carbocycles. The van der Waals surface area contributed by atoms with E-state index in [9.17, 15) is 18.8 Å². The van der Waals surface area contributed by atoms with Gasteiger partial charge in [-0.25, -0.2) is 9.18 Å². The molecule has 2 N–H and O–H groups in total. The highest BCUT2D eigenvalue weighted by molar-refractivity contribution is 5.94. The van der Waals surface area contributed by atoms with Crippen LogP contribution < -0.4 is 10.6 Å². The summed E-state index contributed by atoms with van der Waals surface area (Å²) in [5.74, 6) is -0.742. The van der Waals surface area contributed by atoms with Gasteiger partial charge < -0.3 is 20.3 Å². The van der Waals surface area contributed by atoms with Crippen molar-refractivity contribution in [3.05, 3.63) is 71.5 Å². The number of alkyl carbamates (subject to hydrolysis) is 1. The molecule has 34 heavy (non-hydrogen) atoms. The number of rotatable bonds is 7. The molecule has 0 bridgehead atoms. The molecule has 0 radical (unpaired) electrons. The molecule has 182 valence electrons. The maximum absolute atomic E-state index is 14.2. The van der Waals surface area contributed by atoms with Gasteiger partial charge in [-0.05, 0) is 57.4 Å². The minimum absolute atomic E-state index is 0.00702. The molecule has 0 spiro atoms. The summed E-state index contributed by atoms with van der Waals surface area (Å²) >= 11 is 0. The van der Waals surface area contributed by atoms with E-state index in [1.54, 1.807) is 68.1 Å². The van der Waals surface area contributed by atoms with Crippen LogP contribution in [0.3, 0.4) is 0 Å². The van der Waals surface area contributed by atoms with Gasteiger partial charge in [0.2, 0.25) is 5.91 Å². The largest absolute Gasteiger partial charge is 0.444 e. The van der Waals surface area contributed by atoms with Crippen LogP contribution in [0.1, 0.15) is 49.5 Å². The lowest BCUT2D eigenvalue weighted by atomic mass is 10.0. The van der Waals surface area contributed by atoms with Crippen molar-refractivity contribution in [2.45, 2.75) is 57.7 Å². The molecule has 2 aromatic rings. The molecule has 1 saturated heterocycles. The normalized spacial score (nSPS) is 16.6. The van der Waals surface area contributed by atoms with Gasteiger partial charge in [-0.15, -0.1) is 0 Å². The number of nitrogens with zero attached hydrogens (tertiary/aromatic N) is 1. The molecule has 3 amide bonds. The van der Waals surface area contributed by atoms with Gasteiger partial charge in [0.05, 0.1) is 0 Å². The lowest BCUT2D eigenvalue weighted by Gasteiger charge is -2.25. The van der Waals surface area contributed by atoms with Crippen molar-refractivity contribution in [1.82, 2.24) is 15.5 Å². The van der Waals surface area contributed by atoms with E-state index in [2.05, 4.69) is 10.6 Å². The second-order valence-corrected chi connectivity index (χ2v) is 9.51. The second-order valence-electron chi connectivity index (χ2n) is 9.51. The summed E-state index contributed by atoms with van der Waals surface area (Å²) in [7, 11) is 0. The van der Waals surface area contributed by atoms with Gasteiger partial charge in [0.1, 0.15) is 11.4 Å². The average molecular weight is 470 g/mol. The van der Waals surface area contributed by atoms with E-state index in [0.29, 0.717) is 30.6 Å². The molecule has 8 heteroatoms. The van der Waals surface area contributed by atoms with E-state index in [1.165, 1.54) is 6.07 Å². The molecule has 0 aliphatic carbocycles. The second kappa shape index (κ2) is 11.1. The van der Waals surface area contributed by atoms with Crippen LogP contribution in [0.4, 0.5) is 9.18 Å². The number of carbonyl (C=O) groups is 3. The standard InChI is InChI=1S/C26H32FN3O4/c1-26(2,3)34-25(33)29-21(15-19-11-7-8-12-22(19)27)16-23(31)30-14-13-20(17-30)28-24(32)18-9-5-4-6-10-18/h4-12,20-21H,13-17H2,1-3H3,(H,28,32)(H,29,33)/t20-,21+/m0/s1. The zero-order chi connectivity index (χ0) is 24.7. The van der Waals surface area contributed by atoms with E-state index in [1.807, 2.05) is 6.07 Å². The molecule has 3 rings (SSSR count). The minimum atomic E-state index is -0.699. The van der Waals surface area contributed by atoms with Crippen molar-refractivity contribution in [3.8, 4) is 0 Å². The summed E-state index contributed by atoms with van der Waals surface area (Å²) in [5, 5.41) is 5.69. The minimum Gasteiger partial charge on any atom is -0.444 e. The summed E-state index contributed by atoms with van der Waals surface area (Å²) < 4.78 is 19.6. The Labute approximate surface area is 199 Å². The SMILES string of the molecule is CC(C)(C)OC(=O)N[C@@H](CC(=O)N1CC[C@H](NC(=O)c2ccccc2)C1)Cc1ccccc1F. The molecule has 0 saturated carbocycles. The Morgan fingerprint density at radius 1 is 1.09 bits per heavy atom. The number of ether oxygens (including phenoxy) is 1. The highest BCUT2D eigenvalue weighted by Gasteiger charge is 2.30. The van der Waals surface area contributed by atoms with Crippen LogP contribution in [0, 0.1) is 5.82 Å². The molecule has 7 nitrogen and oxygen atoms in total. The first-order valence-electron chi connectivity index (χ1n) is 11.5. The summed E-state index contributed by atoms with van der Waals surface area (Å²) in [4.78, 5) is 39.5. The zero-order valence-corrected chi connectivity index (χ0v) is 19.8. The molecule has 2 atom stereocenters. The van der Waals surface area contributed by atoms with Crippen LogP contribution in [0.5, 0.6) is 0 Å². The first-order valence-corrected chi connectivity index (χ1v) is 11.5. The lowest BCUT2D eigenvalue weighted by molar-refractivity contribution is -0.130. The van der Waals surface area contributed by atoms with Gasteiger partial charge in [-0.3, -0.25) is 9.59 Å². The molecule has 1 aliphatic rings. The Morgan fingerprint density at radius 2 is 1.76 bits per heavy atom. The van der Waals surface area contributed by atoms with E-state index in [-0.39, 0.29) is 30.7 Å². The number of amides is 3. The molecule has 0 unspecified atom stereocenters. The Bertz CT molecular complexity index is 1010. The first-order chi connectivity index (χ1) is 16.1. The van der Waals surface area contributed by atoms with Crippen LogP contribution in [-0.2, 0) is 16.0 Å². The van der Waals surface area contributed by atoms with Crippen molar-refractivity contribution >= 4 is 17.9 Å². The van der Waals surface area contributed by atoms with Crippen molar-refractivity contribution < 1.29 is 23.5 Å². The van der Waals surface area contributed by atoms with Gasteiger partial charge in [-0.1, -0.05) is 36.4 Å². The molecule has 0 aromatic heterocycles. The summed E-state index contributed by atoms with van der Waals surface area (Å²) in [6, 6.07) is 14.4. The highest BCUT2D eigenvalue weighted by Crippen LogP contribution is 2.16. The maximum Gasteiger partial charge on any atom is 0.407 e. The monoisotopic (exact) mass is 469 g/mol. The number of halogens is 1. The van der Waals surface area contributed by atoms with Gasteiger partial charge in [0, 0.05) is 37.2 Å². The Morgan fingerprint density at radius 3 is 2.44 bits per heavy atom. The van der Waals surface area contributed by atoms with Gasteiger partial charge >= 0.3 is 6.09 Å². The van der Waals surface area contributed by atoms with Crippen molar-refractivity contribution in [1.29, 1.82) is 0 Å². The van der Waals surface area contributed by atoms with Gasteiger partial charge in [-0.2, -0.15) is 0 Å². The van der Waals surface area contributed by atoms with Crippen LogP contribution in [0.15, 0.2) is 54.6 Å². The van der Waals surface area contributed by atoms with Crippen LogP contribution in [-0.4, -0.2) is 53.6 Å². The number of nitrogens with one attached hydrogen (secondary N) is 2. The van der Waals surface area contributed by atoms with Crippen LogP contribution >= 0.6 is 0 Å². The third-order valence-corrected chi connectivity index (χ3v) is 5.48. The summed E-state index contributed by atoms with van der Waals surface area (Å²) in [6.45, 7) is 6.13. The van der Waals surface area contributed by atoms with E-state index < -0.39 is 23.6 Å². The third-order valence-electron chi connectivity index (χ3n) is 5.48. The zero-order valence-electron chi connectivity index (χ0n) is 19.8. The number of carbonyl (C=O) groups excluding carboxylic acids is 3. The molecular formula is C26H32FN3O4. The molecule has 1 heterocycles. The third kappa shape index (κ3) is 7.57. The molecular weight excluding hydrogens is 437 g/mol. The fourth-order valence-corrected chi connectivity index (χ4v) is 3.88. The van der Waals surface area contributed by atoms with Gasteiger partial charge in [0.25, 0.3) is 5.91 Å². The van der Waals surface area contributed by atoms with E-state index in [4.69, 9.17) is 4.74 Å². The number of hydrogen-bond donors (Lipinski definition) is 2. The topological polar surface area (TPSA) is 87.7 Å². The van der Waals surface area contributed by atoms with Crippen LogP contribution in [0.25, 0.3) is 0 Å². The quantitative estimate of drug-likeness (QED) is 0.648. The Kier molecular flexibility index (Phi) is 8.26. The Balaban J connectivity index is 1.61. The number of hydrogen-bond acceptors (Lipinski definition) is 4. The molecule has 1 fully saturated rings. The Hall–Kier alpha value is -3.42. The highest BCUT2D eigenvalue weighted by atomic mass is 19.1. The average Bonchev–Trinajstić information content (AvgIpc) is 3.23. The summed E-state index contributed by atoms with van der Waals surface area (Å²) in [5.41, 5.74) is 0.278.